The monoisotopic (exact) mass is 374 g/mol. The Balaban J connectivity index is 2.42. The smallest absolute Gasteiger partial charge is 0.266 e. The van der Waals surface area contributed by atoms with Gasteiger partial charge in [-0.15, -0.1) is 6.58 Å². The molecule has 0 aromatic heterocycles. The minimum Gasteiger partial charge on any atom is -0.504 e. The molecular formula is C20H26N2O3S. The van der Waals surface area contributed by atoms with E-state index in [1.165, 1.54) is 11.8 Å². The average Bonchev–Trinajstić information content (AvgIpc) is 2.91. The summed E-state index contributed by atoms with van der Waals surface area (Å²) in [6, 6.07) is 3.66. The highest BCUT2D eigenvalue weighted by atomic mass is 32.2. The number of amidine groups is 1. The Kier molecular flexibility index (Phi) is 7.33. The molecule has 1 amide bonds. The molecule has 1 fully saturated rings. The molecule has 0 bridgehead atoms. The molecular weight excluding hydrogens is 348 g/mol. The topological polar surface area (TPSA) is 62.1 Å². The molecule has 6 heteroatoms. The second-order valence-electron chi connectivity index (χ2n) is 5.70. The van der Waals surface area contributed by atoms with Crippen molar-refractivity contribution in [2.75, 3.05) is 19.7 Å². The Hall–Kier alpha value is -2.21. The molecule has 1 N–H and O–H groups in total. The van der Waals surface area contributed by atoms with Crippen molar-refractivity contribution in [1.82, 2.24) is 4.90 Å². The Morgan fingerprint density at radius 3 is 2.73 bits per heavy atom. The first-order chi connectivity index (χ1) is 12.5. The minimum atomic E-state index is -0.0385. The summed E-state index contributed by atoms with van der Waals surface area (Å²) >= 11 is 1.39. The number of aromatic hydroxyl groups is 1. The lowest BCUT2D eigenvalue weighted by atomic mass is 10.0. The molecule has 1 aromatic rings. The molecule has 5 nitrogen and oxygen atoms in total. The van der Waals surface area contributed by atoms with E-state index >= 15 is 0 Å². The zero-order valence-electron chi connectivity index (χ0n) is 15.6. The number of thioether (sulfide) groups is 1. The van der Waals surface area contributed by atoms with Gasteiger partial charge in [0, 0.05) is 13.1 Å². The fourth-order valence-electron chi connectivity index (χ4n) is 2.68. The molecule has 26 heavy (non-hydrogen) atoms. The van der Waals surface area contributed by atoms with Crippen molar-refractivity contribution in [2.45, 2.75) is 33.6 Å². The second-order valence-corrected chi connectivity index (χ2v) is 6.71. The molecule has 0 radical (unpaired) electrons. The second kappa shape index (κ2) is 9.48. The van der Waals surface area contributed by atoms with Gasteiger partial charge in [-0.2, -0.15) is 0 Å². The molecule has 0 spiro atoms. The van der Waals surface area contributed by atoms with E-state index < -0.39 is 0 Å². The predicted molar refractivity (Wildman–Crippen MR) is 109 cm³/mol. The third kappa shape index (κ3) is 4.49. The van der Waals surface area contributed by atoms with Crippen molar-refractivity contribution in [3.8, 4) is 11.5 Å². The number of hydrogen-bond donors (Lipinski definition) is 1. The van der Waals surface area contributed by atoms with Gasteiger partial charge in [0.2, 0.25) is 0 Å². The van der Waals surface area contributed by atoms with Crippen molar-refractivity contribution in [3.05, 3.63) is 40.8 Å². The minimum absolute atomic E-state index is 0.0385. The first kappa shape index (κ1) is 20.1. The predicted octanol–water partition coefficient (Wildman–Crippen LogP) is 4.22. The number of aryl methyl sites for hydroxylation is 1. The summed E-state index contributed by atoms with van der Waals surface area (Å²) in [6.45, 7) is 11.2. The van der Waals surface area contributed by atoms with Crippen molar-refractivity contribution < 1.29 is 14.6 Å². The van der Waals surface area contributed by atoms with Gasteiger partial charge in [0.1, 0.15) is 0 Å². The zero-order valence-corrected chi connectivity index (χ0v) is 16.4. The summed E-state index contributed by atoms with van der Waals surface area (Å²) in [5.41, 5.74) is 1.61. The molecule has 1 aromatic carbocycles. The fraction of sp³-hybridized carbons (Fsp3) is 0.400. The fourth-order valence-corrected chi connectivity index (χ4v) is 3.78. The van der Waals surface area contributed by atoms with Crippen LogP contribution < -0.4 is 4.74 Å². The summed E-state index contributed by atoms with van der Waals surface area (Å²) in [5, 5.41) is 11.1. The number of likely N-dealkylation sites (N-methyl/N-ethyl adjacent to an activating group) is 1. The summed E-state index contributed by atoms with van der Waals surface area (Å²) in [5.74, 6) is 0.555. The third-order valence-corrected chi connectivity index (χ3v) is 4.93. The van der Waals surface area contributed by atoms with Crippen LogP contribution in [0.3, 0.4) is 0 Å². The van der Waals surface area contributed by atoms with Gasteiger partial charge in [0.05, 0.1) is 11.5 Å². The van der Waals surface area contributed by atoms with Crippen LogP contribution in [-0.2, 0) is 11.2 Å². The molecule has 0 aliphatic carbocycles. The molecule has 0 saturated carbocycles. The highest BCUT2D eigenvalue weighted by Crippen LogP contribution is 2.36. The van der Waals surface area contributed by atoms with Crippen molar-refractivity contribution >= 4 is 28.9 Å². The lowest BCUT2D eigenvalue weighted by molar-refractivity contribution is -0.122. The summed E-state index contributed by atoms with van der Waals surface area (Å²) in [4.78, 5) is 19.3. The van der Waals surface area contributed by atoms with E-state index in [1.807, 2.05) is 39.0 Å². The number of aliphatic imine (C=N–C) groups is 1. The SMILES string of the molecule is C=CCCc1cc(/C=C2\S/C(=N/CC)N(CC)C2=O)cc(OCC)c1O. The van der Waals surface area contributed by atoms with Crippen molar-refractivity contribution in [3.63, 3.8) is 0 Å². The van der Waals surface area contributed by atoms with E-state index in [9.17, 15) is 9.90 Å². The lowest BCUT2D eigenvalue weighted by Gasteiger charge is -2.12. The molecule has 1 saturated heterocycles. The van der Waals surface area contributed by atoms with Crippen LogP contribution in [0.2, 0.25) is 0 Å². The maximum absolute atomic E-state index is 12.6. The standard InChI is InChI=1S/C20H26N2O3S/c1-5-9-10-15-11-14(12-16(18(15)23)25-8-4)13-17-19(24)22(7-3)20(26-17)21-6-2/h5,11-13,23H,1,6-10H2,2-4H3/b17-13-,21-20+. The molecule has 140 valence electrons. The highest BCUT2D eigenvalue weighted by Gasteiger charge is 2.31. The van der Waals surface area contributed by atoms with E-state index in [1.54, 1.807) is 11.0 Å². The Labute approximate surface area is 159 Å². The number of carbonyl (C=O) groups is 1. The Morgan fingerprint density at radius 2 is 2.12 bits per heavy atom. The Morgan fingerprint density at radius 1 is 1.35 bits per heavy atom. The lowest BCUT2D eigenvalue weighted by Crippen LogP contribution is -2.28. The summed E-state index contributed by atoms with van der Waals surface area (Å²) in [7, 11) is 0. The average molecular weight is 375 g/mol. The number of carbonyl (C=O) groups excluding carboxylic acids is 1. The number of amides is 1. The number of ether oxygens (including phenoxy) is 1. The van der Waals surface area contributed by atoms with E-state index in [0.717, 1.165) is 22.7 Å². The van der Waals surface area contributed by atoms with Crippen LogP contribution in [0.1, 0.15) is 38.3 Å². The van der Waals surface area contributed by atoms with Gasteiger partial charge in [-0.1, -0.05) is 6.08 Å². The van der Waals surface area contributed by atoms with E-state index in [4.69, 9.17) is 4.74 Å². The molecule has 0 atom stereocenters. The number of hydrogen-bond acceptors (Lipinski definition) is 5. The van der Waals surface area contributed by atoms with Crippen LogP contribution in [0.15, 0.2) is 34.7 Å². The number of phenolic OH excluding ortho intramolecular Hbond substituents is 1. The normalized spacial score (nSPS) is 17.3. The summed E-state index contributed by atoms with van der Waals surface area (Å²) in [6.07, 6.45) is 5.07. The van der Waals surface area contributed by atoms with Crippen LogP contribution in [0.4, 0.5) is 0 Å². The third-order valence-electron chi connectivity index (χ3n) is 3.89. The molecule has 0 unspecified atom stereocenters. The molecule has 1 aliphatic heterocycles. The largest absolute Gasteiger partial charge is 0.504 e. The van der Waals surface area contributed by atoms with Crippen LogP contribution in [-0.4, -0.2) is 40.8 Å². The number of phenols is 1. The van der Waals surface area contributed by atoms with Crippen LogP contribution in [0.25, 0.3) is 6.08 Å². The van der Waals surface area contributed by atoms with Crippen molar-refractivity contribution in [2.24, 2.45) is 4.99 Å². The van der Waals surface area contributed by atoms with Gasteiger partial charge in [-0.25, -0.2) is 0 Å². The zero-order chi connectivity index (χ0) is 19.1. The van der Waals surface area contributed by atoms with Crippen LogP contribution >= 0.6 is 11.8 Å². The number of benzene rings is 1. The van der Waals surface area contributed by atoms with Crippen LogP contribution in [0.5, 0.6) is 11.5 Å². The van der Waals surface area contributed by atoms with E-state index in [-0.39, 0.29) is 11.7 Å². The quantitative estimate of drug-likeness (QED) is 0.547. The highest BCUT2D eigenvalue weighted by molar-refractivity contribution is 8.18. The molecule has 1 heterocycles. The maximum Gasteiger partial charge on any atom is 0.266 e. The number of nitrogens with zero attached hydrogens (tertiary/aromatic N) is 2. The van der Waals surface area contributed by atoms with Gasteiger partial charge in [-0.3, -0.25) is 14.7 Å². The molecule has 1 aliphatic rings. The Bertz CT molecular complexity index is 741. The maximum atomic E-state index is 12.6. The van der Waals surface area contributed by atoms with Gasteiger partial charge in [-0.05, 0) is 74.7 Å². The first-order valence-corrected chi connectivity index (χ1v) is 9.72. The summed E-state index contributed by atoms with van der Waals surface area (Å²) < 4.78 is 5.56. The number of allylic oxidation sites excluding steroid dienone is 1. The van der Waals surface area contributed by atoms with Gasteiger partial charge < -0.3 is 9.84 Å². The number of rotatable bonds is 8. The van der Waals surface area contributed by atoms with E-state index in [2.05, 4.69) is 11.6 Å². The van der Waals surface area contributed by atoms with Crippen molar-refractivity contribution in [1.29, 1.82) is 0 Å². The van der Waals surface area contributed by atoms with Gasteiger partial charge in [0.15, 0.2) is 16.7 Å². The molecule has 2 rings (SSSR count). The van der Waals surface area contributed by atoms with Crippen LogP contribution in [0, 0.1) is 0 Å². The first-order valence-electron chi connectivity index (χ1n) is 8.91. The van der Waals surface area contributed by atoms with Gasteiger partial charge >= 0.3 is 0 Å². The van der Waals surface area contributed by atoms with E-state index in [0.29, 0.717) is 36.8 Å². The van der Waals surface area contributed by atoms with Gasteiger partial charge in [0.25, 0.3) is 5.91 Å².